The maximum atomic E-state index is 13.1. The number of ether oxygens (including phenoxy) is 2. The van der Waals surface area contributed by atoms with E-state index in [0.29, 0.717) is 66.2 Å². The number of nitrogens with zero attached hydrogens (tertiary/aromatic N) is 12. The molecule has 6 aromatic rings. The van der Waals surface area contributed by atoms with Gasteiger partial charge in [-0.2, -0.15) is 0 Å². The molecule has 6 heterocycles. The molecule has 8 rings (SSSR count). The zero-order valence-electron chi connectivity index (χ0n) is 46.0. The number of benzene rings is 2. The van der Waals surface area contributed by atoms with Crippen LogP contribution in [0.1, 0.15) is 95.1 Å². The first-order valence-electron chi connectivity index (χ1n) is 27.7. The van der Waals surface area contributed by atoms with Crippen LogP contribution >= 0.6 is 0 Å². The maximum Gasteiger partial charge on any atom is 0.370 e. The van der Waals surface area contributed by atoms with Gasteiger partial charge in [0.15, 0.2) is 0 Å². The maximum absolute atomic E-state index is 13.1. The number of para-hydroxylation sites is 2. The summed E-state index contributed by atoms with van der Waals surface area (Å²) in [6.45, 7) is 2.87. The molecule has 3 amide bonds. The molecule has 2 aromatic carbocycles. The predicted molar refractivity (Wildman–Crippen MR) is 295 cm³/mol. The van der Waals surface area contributed by atoms with Crippen molar-refractivity contribution < 1.29 is 64.4 Å². The molecule has 444 valence electrons. The molecule has 83 heavy (non-hydrogen) atoms. The minimum atomic E-state index is -1.57. The minimum Gasteiger partial charge on any atom is -0.493 e. The fourth-order valence-electron chi connectivity index (χ4n) is 10.0. The number of aliphatic hydroxyl groups excluding tert-OH is 6. The number of carboxylic acid groups (broad SMARTS) is 1. The highest BCUT2D eigenvalue weighted by molar-refractivity contribution is 5.95. The number of aliphatic hydroxyl groups is 6. The Morgan fingerprint density at radius 1 is 0.627 bits per heavy atom. The molecule has 28 nitrogen and oxygen atoms in total. The zero-order chi connectivity index (χ0) is 59.0. The molecule has 0 saturated carbocycles. The van der Waals surface area contributed by atoms with Crippen molar-refractivity contribution in [3.63, 3.8) is 0 Å². The van der Waals surface area contributed by atoms with Gasteiger partial charge in [-0.1, -0.05) is 77.0 Å². The van der Waals surface area contributed by atoms with Gasteiger partial charge in [-0.3, -0.25) is 23.7 Å². The van der Waals surface area contributed by atoms with Gasteiger partial charge in [0.25, 0.3) is 0 Å². The normalized spacial score (nSPS) is 20.1. The fraction of sp³-hybridized carbons (Fsp3) is 0.491. The number of anilines is 2. The Bertz CT molecular complexity index is 3180. The lowest BCUT2D eigenvalue weighted by molar-refractivity contribution is -0.148. The summed E-state index contributed by atoms with van der Waals surface area (Å²) in [5.41, 5.74) is 4.88. The molecule has 0 saturated heterocycles. The summed E-state index contributed by atoms with van der Waals surface area (Å²) in [6.07, 6.45) is 10.3. The summed E-state index contributed by atoms with van der Waals surface area (Å²) in [7, 11) is 0. The van der Waals surface area contributed by atoms with Crippen LogP contribution in [0.2, 0.25) is 0 Å². The molecule has 2 aliphatic heterocycles. The molecule has 0 unspecified atom stereocenters. The molecule has 0 spiro atoms. The topological polar surface area (TPSA) is 387 Å². The third-order valence-corrected chi connectivity index (χ3v) is 14.5. The average Bonchev–Trinajstić information content (AvgIpc) is 3.73. The van der Waals surface area contributed by atoms with Gasteiger partial charge < -0.3 is 61.2 Å². The van der Waals surface area contributed by atoms with Crippen molar-refractivity contribution >= 4 is 35.1 Å². The van der Waals surface area contributed by atoms with E-state index < -0.39 is 91.5 Å². The number of aliphatic carboxylic acids is 1. The largest absolute Gasteiger partial charge is 0.493 e. The molecule has 4 aromatic heterocycles. The van der Waals surface area contributed by atoms with Crippen LogP contribution < -0.4 is 16.0 Å². The van der Waals surface area contributed by atoms with Crippen LogP contribution in [0.5, 0.6) is 0 Å². The number of rotatable bonds is 30. The molecule has 0 aliphatic carbocycles. The van der Waals surface area contributed by atoms with Crippen molar-refractivity contribution in [3.8, 4) is 22.5 Å². The van der Waals surface area contributed by atoms with Crippen molar-refractivity contribution in [2.75, 3.05) is 23.8 Å². The van der Waals surface area contributed by atoms with Crippen LogP contribution in [0.4, 0.5) is 11.4 Å². The first-order chi connectivity index (χ1) is 40.1. The first-order valence-corrected chi connectivity index (χ1v) is 27.7. The highest BCUT2D eigenvalue weighted by Gasteiger charge is 2.43. The number of hydrogen-bond donors (Lipinski definition) is 10. The molecule has 0 radical (unpaired) electrons. The Morgan fingerprint density at radius 2 is 1.13 bits per heavy atom. The van der Waals surface area contributed by atoms with E-state index in [9.17, 15) is 54.9 Å². The van der Waals surface area contributed by atoms with Crippen LogP contribution in [0, 0.1) is 5.92 Å². The molecule has 0 bridgehead atoms. The third kappa shape index (κ3) is 16.0. The Morgan fingerprint density at radius 3 is 1.64 bits per heavy atom. The van der Waals surface area contributed by atoms with E-state index in [1.54, 1.807) is 67.9 Å². The molecule has 28 heteroatoms. The van der Waals surface area contributed by atoms with Crippen LogP contribution in [-0.4, -0.2) is 175 Å². The van der Waals surface area contributed by atoms with Crippen LogP contribution in [0.25, 0.3) is 22.5 Å². The summed E-state index contributed by atoms with van der Waals surface area (Å²) in [5, 5.41) is 113. The number of unbranched alkanes of at least 4 members (excludes halogenated alkanes) is 4. The van der Waals surface area contributed by atoms with Gasteiger partial charge in [-0.05, 0) is 69.2 Å². The van der Waals surface area contributed by atoms with Gasteiger partial charge in [0.1, 0.15) is 48.0 Å². The second kappa shape index (κ2) is 29.1. The molecule has 10 N–H and O–H groups in total. The number of allylic oxidation sites excluding steroid dienone is 1. The van der Waals surface area contributed by atoms with Gasteiger partial charge in [0.2, 0.25) is 23.5 Å². The van der Waals surface area contributed by atoms with E-state index >= 15 is 0 Å². The second-order valence-electron chi connectivity index (χ2n) is 20.7. The van der Waals surface area contributed by atoms with Gasteiger partial charge in [0, 0.05) is 62.3 Å². The Kier molecular flexibility index (Phi) is 21.3. The van der Waals surface area contributed by atoms with E-state index in [0.717, 1.165) is 56.3 Å². The third-order valence-electron chi connectivity index (χ3n) is 14.5. The van der Waals surface area contributed by atoms with Crippen molar-refractivity contribution in [1.29, 1.82) is 0 Å². The minimum absolute atomic E-state index is 0.160. The number of aryl methyl sites for hydroxylation is 4. The molecule has 10 atom stereocenters. The molecular formula is C55H71N15O13. The number of hydrogen-bond acceptors (Lipinski definition) is 20. The van der Waals surface area contributed by atoms with Crippen LogP contribution in [-0.2, 0) is 54.6 Å². The van der Waals surface area contributed by atoms with E-state index in [2.05, 4.69) is 57.2 Å². The molecule has 2 aliphatic rings. The predicted octanol–water partition coefficient (Wildman–Crippen LogP) is 1.89. The molecule has 0 fully saturated rings. The first kappa shape index (κ1) is 60.8. The van der Waals surface area contributed by atoms with Crippen molar-refractivity contribution in [1.82, 2.24) is 65.3 Å². The Balaban J connectivity index is 0.706. The number of aromatic nitrogens is 12. The summed E-state index contributed by atoms with van der Waals surface area (Å²) in [4.78, 5) is 50.3. The summed E-state index contributed by atoms with van der Waals surface area (Å²) in [5.74, 6) is -3.14. The summed E-state index contributed by atoms with van der Waals surface area (Å²) < 4.78 is 17.6. The van der Waals surface area contributed by atoms with Crippen molar-refractivity contribution in [2.24, 2.45) is 5.92 Å². The summed E-state index contributed by atoms with van der Waals surface area (Å²) in [6, 6.07) is 12.0. The van der Waals surface area contributed by atoms with E-state index in [4.69, 9.17) is 9.47 Å². The zero-order valence-corrected chi connectivity index (χ0v) is 46.0. The monoisotopic (exact) mass is 1150 g/mol. The van der Waals surface area contributed by atoms with Gasteiger partial charge >= 0.3 is 5.97 Å². The number of carbonyl (C=O) groups excluding carboxylic acids is 3. The highest BCUT2D eigenvalue weighted by Crippen LogP contribution is 2.36. The van der Waals surface area contributed by atoms with Gasteiger partial charge in [-0.25, -0.2) is 14.2 Å². The Labute approximate surface area is 476 Å². The van der Waals surface area contributed by atoms with Gasteiger partial charge in [-0.15, -0.1) is 20.4 Å². The van der Waals surface area contributed by atoms with E-state index in [1.807, 2.05) is 27.8 Å². The van der Waals surface area contributed by atoms with Crippen LogP contribution in [0.15, 0.2) is 97.5 Å². The lowest BCUT2D eigenvalue weighted by Gasteiger charge is -2.38. The summed E-state index contributed by atoms with van der Waals surface area (Å²) >= 11 is 0. The second-order valence-corrected chi connectivity index (χ2v) is 20.7. The van der Waals surface area contributed by atoms with E-state index in [-0.39, 0.29) is 18.2 Å². The molecular weight excluding hydrogens is 1080 g/mol. The fourth-order valence-corrected chi connectivity index (χ4v) is 10.0. The van der Waals surface area contributed by atoms with Crippen molar-refractivity contribution in [2.45, 2.75) is 152 Å². The smallest absolute Gasteiger partial charge is 0.370 e. The van der Waals surface area contributed by atoms with Gasteiger partial charge in [0.05, 0.1) is 72.8 Å². The number of amides is 3. The Hall–Kier alpha value is -8.28. The van der Waals surface area contributed by atoms with Crippen molar-refractivity contribution in [3.05, 3.63) is 109 Å². The number of carboxylic acids is 1. The standard InChI is InChI=1S/C55H71N15O13/c1-33-44(26-47(55(80)81)83-53(33)51(78)45(74)31-71)70-30-42(62-66-70)38-17-8-10-19-40(38)58-49(77)21-6-4-12-24-68-28-36(60-64-68)15-13-14-35-27-67(63-59-35)23-11-3-5-20-48(76)57-39-18-9-7-16-37(39)41-29-69(65-61-41)43-22-25-82-54(50(43)56-34(2)73)52(79)46(75)32-72/h7-10,16-19,22,25-30,33,43-46,50-54,71-72,74-75,78-79H,3-6,11-15,20-21,23-24,31-32H2,1-2H3,(H,56,73)(H,57,76)(H,58,77)(H,80,81)/t33-,43-,44+,45-,46+,50+,51-,52+,53-,54+/m1/s1. The van der Waals surface area contributed by atoms with E-state index in [1.165, 1.54) is 28.6 Å². The lowest BCUT2D eigenvalue weighted by Crippen LogP contribution is -2.57. The lowest BCUT2D eigenvalue weighted by atomic mass is 9.87. The van der Waals surface area contributed by atoms with Crippen LogP contribution in [0.3, 0.4) is 0 Å². The number of carbonyl (C=O) groups is 4. The quantitative estimate of drug-likeness (QED) is 0.0288. The average molecular weight is 1150 g/mol. The highest BCUT2D eigenvalue weighted by atomic mass is 16.5. The SMILES string of the molecule is CC(=O)N[C@@H]1[C@@H]([C@@H](O)[C@@H](O)CO)OC=C[C@H]1n1cc(-c2ccccc2NC(=O)CCCCCn2cc(CCCc3cn(CCCCCC(=O)Nc4ccccc4-c4cn([C@H]5C=C(C(=O)O)O[C@@H]([C@H](O)[C@H](O)CO)[C@@H]5C)nn4)nn3)nn2)nn1. The number of nitrogens with one attached hydrogen (secondary N) is 3.